The van der Waals surface area contributed by atoms with Crippen molar-refractivity contribution in [1.29, 1.82) is 0 Å². The molecule has 0 unspecified atom stereocenters. The van der Waals surface area contributed by atoms with Gasteiger partial charge in [-0.3, -0.25) is 4.79 Å². The monoisotopic (exact) mass is 276 g/mol. The number of carbonyl (C=O) groups excluding carboxylic acids is 1. The second-order valence-corrected chi connectivity index (χ2v) is 7.18. The van der Waals surface area contributed by atoms with E-state index in [1.54, 1.807) is 4.90 Å². The van der Waals surface area contributed by atoms with Crippen LogP contribution in [0.2, 0.25) is 0 Å². The molecule has 1 heterocycles. The molecule has 1 saturated heterocycles. The first-order valence-electron chi connectivity index (χ1n) is 6.30. The van der Waals surface area contributed by atoms with Gasteiger partial charge in [-0.15, -0.1) is 0 Å². The fourth-order valence-corrected chi connectivity index (χ4v) is 3.32. The molecular weight excluding hydrogens is 256 g/mol. The lowest BCUT2D eigenvalue weighted by molar-refractivity contribution is -0.160. The lowest BCUT2D eigenvalue weighted by Gasteiger charge is -2.38. The van der Waals surface area contributed by atoms with Crippen LogP contribution in [-0.4, -0.2) is 66.7 Å². The van der Waals surface area contributed by atoms with Gasteiger partial charge in [0.1, 0.15) is 5.60 Å². The smallest absolute Gasteiger partial charge is 0.254 e. The van der Waals surface area contributed by atoms with Crippen LogP contribution in [0.3, 0.4) is 0 Å². The summed E-state index contributed by atoms with van der Waals surface area (Å²) in [5, 5.41) is 10.0. The number of amides is 1. The van der Waals surface area contributed by atoms with E-state index >= 15 is 0 Å². The number of carbonyl (C=O) groups is 1. The Kier molecular flexibility index (Phi) is 3.66. The van der Waals surface area contributed by atoms with Crippen molar-refractivity contribution in [3.63, 3.8) is 0 Å². The summed E-state index contributed by atoms with van der Waals surface area (Å²) in [5.41, 5.74) is -1.18. The van der Waals surface area contributed by atoms with Crippen molar-refractivity contribution in [3.05, 3.63) is 0 Å². The molecule has 0 atom stereocenters. The molecule has 104 valence electrons. The summed E-state index contributed by atoms with van der Waals surface area (Å²) >= 11 is 0. The van der Waals surface area contributed by atoms with Gasteiger partial charge in [-0.1, -0.05) is 0 Å². The highest BCUT2D eigenvalue weighted by molar-refractivity contribution is 7.88. The minimum Gasteiger partial charge on any atom is -0.380 e. The second kappa shape index (κ2) is 4.79. The van der Waals surface area contributed by atoms with Crippen LogP contribution in [-0.2, 0) is 14.8 Å². The third-order valence-corrected chi connectivity index (χ3v) is 5.09. The van der Waals surface area contributed by atoms with E-state index in [1.165, 1.54) is 10.6 Å². The first kappa shape index (κ1) is 13.8. The summed E-state index contributed by atoms with van der Waals surface area (Å²) in [6.07, 6.45) is 3.74. The maximum absolute atomic E-state index is 12.1. The molecule has 2 fully saturated rings. The molecule has 0 spiro atoms. The van der Waals surface area contributed by atoms with Gasteiger partial charge in [0, 0.05) is 26.2 Å². The number of rotatable bonds is 2. The van der Waals surface area contributed by atoms with Crippen LogP contribution < -0.4 is 0 Å². The Balaban J connectivity index is 1.99. The highest BCUT2D eigenvalue weighted by Crippen LogP contribution is 2.33. The van der Waals surface area contributed by atoms with Crippen molar-refractivity contribution in [2.24, 2.45) is 0 Å². The third kappa shape index (κ3) is 2.67. The van der Waals surface area contributed by atoms with Crippen molar-refractivity contribution in [2.75, 3.05) is 32.4 Å². The van der Waals surface area contributed by atoms with Crippen molar-refractivity contribution in [2.45, 2.75) is 31.3 Å². The number of hydrogen-bond donors (Lipinski definition) is 1. The van der Waals surface area contributed by atoms with Gasteiger partial charge in [-0.2, -0.15) is 0 Å². The number of sulfonamides is 1. The molecule has 1 saturated carbocycles. The molecule has 2 aliphatic rings. The van der Waals surface area contributed by atoms with E-state index in [0.717, 1.165) is 6.42 Å². The molecule has 18 heavy (non-hydrogen) atoms. The van der Waals surface area contributed by atoms with Gasteiger partial charge in [-0.05, 0) is 25.7 Å². The molecule has 0 bridgehead atoms. The molecule has 0 radical (unpaired) electrons. The SMILES string of the molecule is CS(=O)(=O)N1CCCN(C(=O)C2(O)CCC2)CC1. The molecule has 0 aromatic rings. The molecule has 2 rings (SSSR count). The zero-order valence-corrected chi connectivity index (χ0v) is 11.4. The van der Waals surface area contributed by atoms with Crippen LogP contribution in [0.1, 0.15) is 25.7 Å². The van der Waals surface area contributed by atoms with Gasteiger partial charge in [0.25, 0.3) is 5.91 Å². The molecule has 0 aromatic heterocycles. The van der Waals surface area contributed by atoms with Crippen LogP contribution in [0, 0.1) is 0 Å². The van der Waals surface area contributed by atoms with Crippen molar-refractivity contribution < 1.29 is 18.3 Å². The second-order valence-electron chi connectivity index (χ2n) is 5.19. The lowest BCUT2D eigenvalue weighted by atomic mass is 9.79. The third-order valence-electron chi connectivity index (χ3n) is 3.79. The highest BCUT2D eigenvalue weighted by Gasteiger charge is 2.44. The Morgan fingerprint density at radius 3 is 2.28 bits per heavy atom. The van der Waals surface area contributed by atoms with Gasteiger partial charge >= 0.3 is 0 Å². The number of hydrogen-bond acceptors (Lipinski definition) is 4. The first-order valence-corrected chi connectivity index (χ1v) is 8.15. The maximum atomic E-state index is 12.1. The molecule has 1 aliphatic carbocycles. The Labute approximate surface area is 108 Å². The molecule has 1 N–H and O–H groups in total. The summed E-state index contributed by atoms with van der Waals surface area (Å²) in [5.74, 6) is -0.232. The van der Waals surface area contributed by atoms with E-state index in [0.29, 0.717) is 45.4 Å². The van der Waals surface area contributed by atoms with Crippen LogP contribution in [0.15, 0.2) is 0 Å². The fraction of sp³-hybridized carbons (Fsp3) is 0.909. The summed E-state index contributed by atoms with van der Waals surface area (Å²) in [7, 11) is -3.19. The van der Waals surface area contributed by atoms with Crippen LogP contribution >= 0.6 is 0 Å². The van der Waals surface area contributed by atoms with Gasteiger partial charge in [0.15, 0.2) is 0 Å². The Morgan fingerprint density at radius 2 is 1.78 bits per heavy atom. The first-order chi connectivity index (χ1) is 8.33. The predicted molar refractivity (Wildman–Crippen MR) is 66.4 cm³/mol. The Hall–Kier alpha value is -0.660. The van der Waals surface area contributed by atoms with Crippen molar-refractivity contribution in [3.8, 4) is 0 Å². The summed E-state index contributed by atoms with van der Waals surface area (Å²) in [6, 6.07) is 0. The van der Waals surface area contributed by atoms with Crippen LogP contribution in [0.5, 0.6) is 0 Å². The van der Waals surface area contributed by atoms with Crippen LogP contribution in [0.25, 0.3) is 0 Å². The van der Waals surface area contributed by atoms with Crippen molar-refractivity contribution in [1.82, 2.24) is 9.21 Å². The topological polar surface area (TPSA) is 77.9 Å². The average Bonchev–Trinajstić information content (AvgIpc) is 2.49. The van der Waals surface area contributed by atoms with E-state index in [1.807, 2.05) is 0 Å². The fourth-order valence-electron chi connectivity index (χ4n) is 2.45. The molecule has 1 amide bonds. The van der Waals surface area contributed by atoms with Gasteiger partial charge in [-0.25, -0.2) is 12.7 Å². The quantitative estimate of drug-likeness (QED) is 0.730. The number of nitrogens with zero attached hydrogens (tertiary/aromatic N) is 2. The van der Waals surface area contributed by atoms with E-state index < -0.39 is 15.6 Å². The van der Waals surface area contributed by atoms with E-state index in [2.05, 4.69) is 0 Å². The summed E-state index contributed by atoms with van der Waals surface area (Å²) in [6.45, 7) is 1.66. The minimum absolute atomic E-state index is 0.232. The zero-order chi connectivity index (χ0) is 13.4. The lowest BCUT2D eigenvalue weighted by Crippen LogP contribution is -2.54. The van der Waals surface area contributed by atoms with Gasteiger partial charge < -0.3 is 10.0 Å². The normalized spacial score (nSPS) is 25.3. The van der Waals surface area contributed by atoms with Crippen molar-refractivity contribution >= 4 is 15.9 Å². The van der Waals surface area contributed by atoms with Gasteiger partial charge in [0.2, 0.25) is 10.0 Å². The predicted octanol–water partition coefficient (Wildman–Crippen LogP) is -0.605. The van der Waals surface area contributed by atoms with E-state index in [4.69, 9.17) is 0 Å². The molecule has 6 nitrogen and oxygen atoms in total. The minimum atomic E-state index is -3.19. The van der Waals surface area contributed by atoms with Crippen LogP contribution in [0.4, 0.5) is 0 Å². The Bertz CT molecular complexity index is 430. The standard InChI is InChI=1S/C11H20N2O4S/c1-18(16,17)13-7-3-6-12(8-9-13)10(14)11(15)4-2-5-11/h15H,2-9H2,1H3. The maximum Gasteiger partial charge on any atom is 0.254 e. The van der Waals surface area contributed by atoms with Gasteiger partial charge in [0.05, 0.1) is 6.26 Å². The molecule has 1 aliphatic heterocycles. The summed E-state index contributed by atoms with van der Waals surface area (Å²) in [4.78, 5) is 13.7. The molecule has 0 aromatic carbocycles. The largest absolute Gasteiger partial charge is 0.380 e. The summed E-state index contributed by atoms with van der Waals surface area (Å²) < 4.78 is 24.3. The number of aliphatic hydroxyl groups is 1. The van der Waals surface area contributed by atoms with E-state index in [9.17, 15) is 18.3 Å². The Morgan fingerprint density at radius 1 is 1.11 bits per heavy atom. The van der Waals surface area contributed by atoms with E-state index in [-0.39, 0.29) is 5.91 Å². The average molecular weight is 276 g/mol. The molecular formula is C11H20N2O4S. The molecule has 7 heteroatoms. The highest BCUT2D eigenvalue weighted by atomic mass is 32.2. The zero-order valence-electron chi connectivity index (χ0n) is 10.6.